The summed E-state index contributed by atoms with van der Waals surface area (Å²) in [6, 6.07) is 12.5. The first-order chi connectivity index (χ1) is 10.2. The molecule has 0 amide bonds. The highest BCUT2D eigenvalue weighted by Gasteiger charge is 2.18. The fourth-order valence-electron chi connectivity index (χ4n) is 1.83. The number of pyridine rings is 1. The van der Waals surface area contributed by atoms with Gasteiger partial charge in [0.1, 0.15) is 5.75 Å². The molecule has 2 heterocycles. The molecular formula is C15H11N3O3. The summed E-state index contributed by atoms with van der Waals surface area (Å²) in [7, 11) is 0. The maximum absolute atomic E-state index is 11.3. The van der Waals surface area contributed by atoms with Crippen molar-refractivity contribution in [2.45, 2.75) is 0 Å². The van der Waals surface area contributed by atoms with E-state index in [9.17, 15) is 9.90 Å². The summed E-state index contributed by atoms with van der Waals surface area (Å²) in [5.74, 6) is -0.466. The van der Waals surface area contributed by atoms with Gasteiger partial charge in [0.2, 0.25) is 5.69 Å². The van der Waals surface area contributed by atoms with Crippen LogP contribution in [0.3, 0.4) is 0 Å². The van der Waals surface area contributed by atoms with E-state index in [2.05, 4.69) is 10.1 Å². The Morgan fingerprint density at radius 3 is 2.48 bits per heavy atom. The molecule has 0 aliphatic rings. The number of benzene rings is 1. The van der Waals surface area contributed by atoms with E-state index in [1.54, 1.807) is 30.7 Å². The van der Waals surface area contributed by atoms with E-state index >= 15 is 0 Å². The van der Waals surface area contributed by atoms with E-state index in [1.165, 1.54) is 4.68 Å². The van der Waals surface area contributed by atoms with E-state index in [-0.39, 0.29) is 11.4 Å². The van der Waals surface area contributed by atoms with Crippen LogP contribution in [-0.4, -0.2) is 25.8 Å². The summed E-state index contributed by atoms with van der Waals surface area (Å²) in [5, 5.41) is 13.3. The van der Waals surface area contributed by atoms with Gasteiger partial charge in [0.25, 0.3) is 0 Å². The van der Waals surface area contributed by atoms with Crippen LogP contribution >= 0.6 is 0 Å². The summed E-state index contributed by atoms with van der Waals surface area (Å²) in [5.41, 5.74) is 0.611. The highest BCUT2D eigenvalue weighted by atomic mass is 16.5. The molecule has 2 aromatic heterocycles. The first-order valence-electron chi connectivity index (χ1n) is 6.20. The molecule has 3 aromatic rings. The number of nitrogens with zero attached hydrogens (tertiary/aromatic N) is 3. The molecule has 1 aromatic carbocycles. The molecule has 6 nitrogen and oxygen atoms in total. The van der Waals surface area contributed by atoms with Crippen molar-refractivity contribution in [1.82, 2.24) is 14.8 Å². The maximum atomic E-state index is 11.3. The van der Waals surface area contributed by atoms with E-state index in [0.29, 0.717) is 5.75 Å². The predicted octanol–water partition coefficient (Wildman–Crippen LogP) is 2.76. The van der Waals surface area contributed by atoms with E-state index < -0.39 is 5.97 Å². The minimum absolute atomic E-state index is 0.143. The molecule has 0 spiro atoms. The van der Waals surface area contributed by atoms with Gasteiger partial charge in [-0.2, -0.15) is 5.10 Å². The molecule has 1 N–H and O–H groups in total. The van der Waals surface area contributed by atoms with Gasteiger partial charge >= 0.3 is 5.97 Å². The van der Waals surface area contributed by atoms with Crippen LogP contribution in [0.25, 0.3) is 5.69 Å². The van der Waals surface area contributed by atoms with Gasteiger partial charge in [-0.3, -0.25) is 4.98 Å². The lowest BCUT2D eigenvalue weighted by atomic mass is 10.3. The fraction of sp³-hybridized carbons (Fsp3) is 0. The Morgan fingerprint density at radius 1 is 1.10 bits per heavy atom. The minimum Gasteiger partial charge on any atom is -0.476 e. The molecule has 0 radical (unpaired) electrons. The van der Waals surface area contributed by atoms with Crippen LogP contribution in [0.5, 0.6) is 11.5 Å². The SMILES string of the molecule is O=C(O)c1nn(-c2ccccc2)cc1Oc1ccncc1. The van der Waals surface area contributed by atoms with Crippen LogP contribution in [0, 0.1) is 0 Å². The lowest BCUT2D eigenvalue weighted by Gasteiger charge is -2.02. The maximum Gasteiger partial charge on any atom is 0.360 e. The summed E-state index contributed by atoms with van der Waals surface area (Å²) >= 11 is 0. The summed E-state index contributed by atoms with van der Waals surface area (Å²) < 4.78 is 7.04. The van der Waals surface area contributed by atoms with Gasteiger partial charge in [-0.15, -0.1) is 0 Å². The highest BCUT2D eigenvalue weighted by molar-refractivity contribution is 5.88. The van der Waals surface area contributed by atoms with Gasteiger partial charge in [0, 0.05) is 12.4 Å². The number of aromatic carboxylic acids is 1. The monoisotopic (exact) mass is 281 g/mol. The van der Waals surface area contributed by atoms with E-state index in [1.807, 2.05) is 30.3 Å². The summed E-state index contributed by atoms with van der Waals surface area (Å²) in [6.45, 7) is 0. The molecule has 0 saturated heterocycles. The van der Waals surface area contributed by atoms with E-state index in [0.717, 1.165) is 5.69 Å². The lowest BCUT2D eigenvalue weighted by Crippen LogP contribution is -2.01. The smallest absolute Gasteiger partial charge is 0.360 e. The Morgan fingerprint density at radius 2 is 1.81 bits per heavy atom. The van der Waals surface area contributed by atoms with Gasteiger partial charge < -0.3 is 9.84 Å². The van der Waals surface area contributed by atoms with Crippen LogP contribution in [0.1, 0.15) is 10.5 Å². The Bertz CT molecular complexity index is 754. The number of hydrogen-bond donors (Lipinski definition) is 1. The molecule has 104 valence electrons. The van der Waals surface area contributed by atoms with Crippen molar-refractivity contribution in [3.8, 4) is 17.2 Å². The van der Waals surface area contributed by atoms with Crippen LogP contribution < -0.4 is 4.74 Å². The molecule has 3 rings (SSSR count). The number of rotatable bonds is 4. The molecule has 0 atom stereocenters. The van der Waals surface area contributed by atoms with Gasteiger partial charge in [-0.25, -0.2) is 9.48 Å². The van der Waals surface area contributed by atoms with Crippen molar-refractivity contribution in [1.29, 1.82) is 0 Å². The molecule has 6 heteroatoms. The predicted molar refractivity (Wildman–Crippen MR) is 74.8 cm³/mol. The van der Waals surface area contributed by atoms with Crippen molar-refractivity contribution in [2.75, 3.05) is 0 Å². The van der Waals surface area contributed by atoms with Crippen molar-refractivity contribution in [3.05, 3.63) is 66.7 Å². The normalized spacial score (nSPS) is 10.3. The van der Waals surface area contributed by atoms with Crippen LogP contribution in [0.15, 0.2) is 61.1 Å². The number of carbonyl (C=O) groups is 1. The Labute approximate surface area is 120 Å². The zero-order chi connectivity index (χ0) is 14.7. The van der Waals surface area contributed by atoms with Crippen molar-refractivity contribution in [3.63, 3.8) is 0 Å². The fourth-order valence-corrected chi connectivity index (χ4v) is 1.83. The van der Waals surface area contributed by atoms with Crippen molar-refractivity contribution in [2.24, 2.45) is 0 Å². The largest absolute Gasteiger partial charge is 0.476 e. The topological polar surface area (TPSA) is 77.2 Å². The number of para-hydroxylation sites is 1. The second-order valence-electron chi connectivity index (χ2n) is 4.21. The summed E-state index contributed by atoms with van der Waals surface area (Å²) in [6.07, 6.45) is 4.67. The molecule has 0 bridgehead atoms. The zero-order valence-electron chi connectivity index (χ0n) is 10.9. The third-order valence-electron chi connectivity index (χ3n) is 2.78. The standard InChI is InChI=1S/C15H11N3O3/c19-15(20)14-13(21-12-6-8-16-9-7-12)10-18(17-14)11-4-2-1-3-5-11/h1-10H,(H,19,20). The average molecular weight is 281 g/mol. The van der Waals surface area contributed by atoms with Gasteiger partial charge in [0.05, 0.1) is 11.9 Å². The first kappa shape index (κ1) is 12.9. The van der Waals surface area contributed by atoms with Gasteiger partial charge in [-0.1, -0.05) is 18.2 Å². The average Bonchev–Trinajstić information content (AvgIpc) is 2.93. The molecule has 0 unspecified atom stereocenters. The molecule has 0 saturated carbocycles. The first-order valence-corrected chi connectivity index (χ1v) is 6.20. The van der Waals surface area contributed by atoms with E-state index in [4.69, 9.17) is 4.74 Å². The molecule has 21 heavy (non-hydrogen) atoms. The molecule has 0 aliphatic heterocycles. The van der Waals surface area contributed by atoms with Gasteiger partial charge in [-0.05, 0) is 24.3 Å². The number of carboxylic acids is 1. The van der Waals surface area contributed by atoms with Crippen LogP contribution in [0.4, 0.5) is 0 Å². The summed E-state index contributed by atoms with van der Waals surface area (Å²) in [4.78, 5) is 15.2. The molecule has 0 aliphatic carbocycles. The quantitative estimate of drug-likeness (QED) is 0.795. The number of hydrogen-bond acceptors (Lipinski definition) is 4. The number of carboxylic acid groups (broad SMARTS) is 1. The third kappa shape index (κ3) is 2.74. The second kappa shape index (κ2) is 5.46. The Balaban J connectivity index is 2.00. The van der Waals surface area contributed by atoms with Crippen molar-refractivity contribution < 1.29 is 14.6 Å². The third-order valence-corrected chi connectivity index (χ3v) is 2.78. The highest BCUT2D eigenvalue weighted by Crippen LogP contribution is 2.25. The number of aromatic nitrogens is 3. The second-order valence-corrected chi connectivity index (χ2v) is 4.21. The van der Waals surface area contributed by atoms with Crippen LogP contribution in [-0.2, 0) is 0 Å². The lowest BCUT2D eigenvalue weighted by molar-refractivity contribution is 0.0687. The Hall–Kier alpha value is -3.15. The Kier molecular flexibility index (Phi) is 3.34. The zero-order valence-corrected chi connectivity index (χ0v) is 10.9. The van der Waals surface area contributed by atoms with Crippen molar-refractivity contribution >= 4 is 5.97 Å². The molecule has 0 fully saturated rings. The minimum atomic E-state index is -1.14. The van der Waals surface area contributed by atoms with Crippen LogP contribution in [0.2, 0.25) is 0 Å². The molecular weight excluding hydrogens is 270 g/mol. The van der Waals surface area contributed by atoms with Gasteiger partial charge in [0.15, 0.2) is 5.75 Å². The number of ether oxygens (including phenoxy) is 1.